The number of nitrogens with one attached hydrogen (secondary N) is 1. The van der Waals surface area contributed by atoms with Crippen molar-refractivity contribution in [2.24, 2.45) is 0 Å². The minimum Gasteiger partial charge on any atom is -0.385 e. The summed E-state index contributed by atoms with van der Waals surface area (Å²) in [6.07, 6.45) is 4.74. The molecule has 0 aromatic heterocycles. The normalized spacial score (nSPS) is 13.7. The van der Waals surface area contributed by atoms with Gasteiger partial charge in [-0.2, -0.15) is 0 Å². The Kier molecular flexibility index (Phi) is 3.77. The van der Waals surface area contributed by atoms with Crippen LogP contribution >= 0.6 is 0 Å². The van der Waals surface area contributed by atoms with E-state index in [1.807, 2.05) is 0 Å². The van der Waals surface area contributed by atoms with E-state index in [1.165, 1.54) is 46.3 Å². The fourth-order valence-corrected chi connectivity index (χ4v) is 3.13. The molecule has 0 aliphatic carbocycles. The van der Waals surface area contributed by atoms with Crippen LogP contribution in [0.5, 0.6) is 0 Å². The minimum absolute atomic E-state index is 1.12. The molecule has 0 bridgehead atoms. The molecule has 3 rings (SSSR count). The molecule has 0 fully saturated rings. The van der Waals surface area contributed by atoms with Crippen LogP contribution in [0.4, 0.5) is 5.69 Å². The van der Waals surface area contributed by atoms with Crippen molar-refractivity contribution in [2.75, 3.05) is 11.9 Å². The Morgan fingerprint density at radius 1 is 1.00 bits per heavy atom. The quantitative estimate of drug-likeness (QED) is 0.864. The van der Waals surface area contributed by atoms with Gasteiger partial charge in [0.15, 0.2) is 0 Å². The van der Waals surface area contributed by atoms with Crippen LogP contribution in [0.15, 0.2) is 36.4 Å². The Morgan fingerprint density at radius 2 is 1.85 bits per heavy atom. The van der Waals surface area contributed by atoms with E-state index < -0.39 is 0 Å². The molecule has 104 valence electrons. The van der Waals surface area contributed by atoms with Gasteiger partial charge in [-0.3, -0.25) is 0 Å². The van der Waals surface area contributed by atoms with E-state index in [0.29, 0.717) is 0 Å². The Labute approximate surface area is 122 Å². The summed E-state index contributed by atoms with van der Waals surface area (Å²) in [7, 11) is 0. The highest BCUT2D eigenvalue weighted by Crippen LogP contribution is 2.27. The molecule has 1 heteroatoms. The summed E-state index contributed by atoms with van der Waals surface area (Å²) in [6.45, 7) is 5.51. The van der Waals surface area contributed by atoms with Crippen molar-refractivity contribution in [1.82, 2.24) is 0 Å². The smallest absolute Gasteiger partial charge is 0.0405 e. The molecule has 0 amide bonds. The van der Waals surface area contributed by atoms with Gasteiger partial charge in [-0.15, -0.1) is 0 Å². The lowest BCUT2D eigenvalue weighted by Gasteiger charge is -2.21. The Hall–Kier alpha value is -1.76. The first-order valence-corrected chi connectivity index (χ1v) is 7.65. The predicted molar refractivity (Wildman–Crippen MR) is 86.6 cm³/mol. The van der Waals surface area contributed by atoms with E-state index in [0.717, 1.165) is 19.4 Å². The number of benzene rings is 2. The van der Waals surface area contributed by atoms with Crippen molar-refractivity contribution >= 4 is 5.69 Å². The standard InChI is InChI=1S/C19H23N/c1-14-8-9-15(2)18(13-14)11-10-17-6-3-5-16-7-4-12-20-19(16)17/h3,5-6,8-9,13,20H,4,7,10-12H2,1-2H3. The van der Waals surface area contributed by atoms with E-state index in [9.17, 15) is 0 Å². The second kappa shape index (κ2) is 5.70. The molecule has 1 nitrogen and oxygen atoms in total. The zero-order chi connectivity index (χ0) is 13.9. The van der Waals surface area contributed by atoms with Gasteiger partial charge in [-0.25, -0.2) is 0 Å². The van der Waals surface area contributed by atoms with Gasteiger partial charge in [0.2, 0.25) is 0 Å². The summed E-state index contributed by atoms with van der Waals surface area (Å²) in [5, 5.41) is 3.59. The SMILES string of the molecule is Cc1ccc(C)c(CCc2cccc3c2NCCC3)c1. The van der Waals surface area contributed by atoms with Crippen LogP contribution in [0.2, 0.25) is 0 Å². The van der Waals surface area contributed by atoms with E-state index in [-0.39, 0.29) is 0 Å². The summed E-state index contributed by atoms with van der Waals surface area (Å²) in [6, 6.07) is 13.5. The predicted octanol–water partition coefficient (Wildman–Crippen LogP) is 4.45. The number of rotatable bonds is 3. The van der Waals surface area contributed by atoms with Gasteiger partial charge in [-0.05, 0) is 61.8 Å². The van der Waals surface area contributed by atoms with Gasteiger partial charge in [0.05, 0.1) is 0 Å². The maximum atomic E-state index is 3.59. The second-order valence-corrected chi connectivity index (χ2v) is 5.91. The number of anilines is 1. The lowest BCUT2D eigenvalue weighted by Crippen LogP contribution is -2.14. The third-order valence-corrected chi connectivity index (χ3v) is 4.33. The van der Waals surface area contributed by atoms with Crippen molar-refractivity contribution in [3.05, 3.63) is 64.2 Å². The number of hydrogen-bond donors (Lipinski definition) is 1. The fraction of sp³-hybridized carbons (Fsp3) is 0.368. The fourth-order valence-electron chi connectivity index (χ4n) is 3.13. The first kappa shape index (κ1) is 13.2. The summed E-state index contributed by atoms with van der Waals surface area (Å²) in [5.41, 5.74) is 8.63. The van der Waals surface area contributed by atoms with Crippen molar-refractivity contribution < 1.29 is 0 Å². The van der Waals surface area contributed by atoms with Crippen LogP contribution in [-0.4, -0.2) is 6.54 Å². The molecule has 0 unspecified atom stereocenters. The molecule has 0 saturated carbocycles. The third-order valence-electron chi connectivity index (χ3n) is 4.33. The molecule has 0 radical (unpaired) electrons. The largest absolute Gasteiger partial charge is 0.385 e. The highest BCUT2D eigenvalue weighted by Gasteiger charge is 2.12. The number of fused-ring (bicyclic) bond motifs is 1. The molecule has 1 N–H and O–H groups in total. The van der Waals surface area contributed by atoms with Crippen LogP contribution in [0.3, 0.4) is 0 Å². The average Bonchev–Trinajstić information content (AvgIpc) is 2.48. The van der Waals surface area contributed by atoms with Crippen LogP contribution < -0.4 is 5.32 Å². The Bertz CT molecular complexity index is 613. The Morgan fingerprint density at radius 3 is 2.75 bits per heavy atom. The summed E-state index contributed by atoms with van der Waals surface area (Å²) < 4.78 is 0. The average molecular weight is 265 g/mol. The van der Waals surface area contributed by atoms with Crippen LogP contribution in [-0.2, 0) is 19.3 Å². The van der Waals surface area contributed by atoms with Crippen LogP contribution in [0, 0.1) is 13.8 Å². The monoisotopic (exact) mass is 265 g/mol. The van der Waals surface area contributed by atoms with Crippen LogP contribution in [0.1, 0.15) is 34.2 Å². The highest BCUT2D eigenvalue weighted by atomic mass is 14.9. The number of para-hydroxylation sites is 1. The number of hydrogen-bond acceptors (Lipinski definition) is 1. The summed E-state index contributed by atoms with van der Waals surface area (Å²) in [5.74, 6) is 0. The molecule has 0 spiro atoms. The van der Waals surface area contributed by atoms with Crippen molar-refractivity contribution in [2.45, 2.75) is 39.5 Å². The zero-order valence-electron chi connectivity index (χ0n) is 12.5. The van der Waals surface area contributed by atoms with Crippen molar-refractivity contribution in [1.29, 1.82) is 0 Å². The van der Waals surface area contributed by atoms with Gasteiger partial charge >= 0.3 is 0 Å². The maximum absolute atomic E-state index is 3.59. The lowest BCUT2D eigenvalue weighted by molar-refractivity contribution is 0.819. The molecule has 1 heterocycles. The molecular weight excluding hydrogens is 242 g/mol. The van der Waals surface area contributed by atoms with Crippen molar-refractivity contribution in [3.63, 3.8) is 0 Å². The van der Waals surface area contributed by atoms with E-state index >= 15 is 0 Å². The molecule has 2 aromatic carbocycles. The minimum atomic E-state index is 1.12. The summed E-state index contributed by atoms with van der Waals surface area (Å²) in [4.78, 5) is 0. The van der Waals surface area contributed by atoms with Crippen molar-refractivity contribution in [3.8, 4) is 0 Å². The third kappa shape index (κ3) is 2.72. The first-order chi connectivity index (χ1) is 9.74. The molecular formula is C19H23N. The van der Waals surface area contributed by atoms with E-state index in [2.05, 4.69) is 55.6 Å². The lowest BCUT2D eigenvalue weighted by atomic mass is 9.94. The number of aryl methyl sites for hydroxylation is 5. The molecule has 1 aliphatic rings. The topological polar surface area (TPSA) is 12.0 Å². The first-order valence-electron chi connectivity index (χ1n) is 7.65. The zero-order valence-corrected chi connectivity index (χ0v) is 12.5. The maximum Gasteiger partial charge on any atom is 0.0405 e. The van der Waals surface area contributed by atoms with Crippen LogP contribution in [0.25, 0.3) is 0 Å². The molecule has 20 heavy (non-hydrogen) atoms. The molecule has 2 aromatic rings. The second-order valence-electron chi connectivity index (χ2n) is 5.91. The summed E-state index contributed by atoms with van der Waals surface area (Å²) >= 11 is 0. The highest BCUT2D eigenvalue weighted by molar-refractivity contribution is 5.59. The molecule has 1 aliphatic heterocycles. The van der Waals surface area contributed by atoms with Gasteiger partial charge < -0.3 is 5.32 Å². The molecule has 0 saturated heterocycles. The van der Waals surface area contributed by atoms with E-state index in [4.69, 9.17) is 0 Å². The van der Waals surface area contributed by atoms with Gasteiger partial charge in [0, 0.05) is 12.2 Å². The van der Waals surface area contributed by atoms with E-state index in [1.54, 1.807) is 0 Å². The Balaban J connectivity index is 1.80. The van der Waals surface area contributed by atoms with Gasteiger partial charge in [0.1, 0.15) is 0 Å². The van der Waals surface area contributed by atoms with Gasteiger partial charge in [0.25, 0.3) is 0 Å². The van der Waals surface area contributed by atoms with Gasteiger partial charge in [-0.1, -0.05) is 42.0 Å². The molecule has 0 atom stereocenters.